The predicted octanol–water partition coefficient (Wildman–Crippen LogP) is 4.69. The maximum Gasteiger partial charge on any atom is 0.254 e. The van der Waals surface area contributed by atoms with Crippen LogP contribution in [0.3, 0.4) is 0 Å². The van der Waals surface area contributed by atoms with Crippen LogP contribution in [0.15, 0.2) is 72.1 Å². The first kappa shape index (κ1) is 21.9. The van der Waals surface area contributed by atoms with Gasteiger partial charge in [0.15, 0.2) is 0 Å². The second kappa shape index (κ2) is 9.49. The van der Waals surface area contributed by atoms with Gasteiger partial charge in [-0.1, -0.05) is 54.6 Å². The van der Waals surface area contributed by atoms with Crippen molar-refractivity contribution in [1.29, 1.82) is 0 Å². The molecular formula is C27H28N2O3S. The van der Waals surface area contributed by atoms with Crippen LogP contribution < -0.4 is 0 Å². The number of rotatable bonds is 6. The molecule has 2 aliphatic rings. The highest BCUT2D eigenvalue weighted by Crippen LogP contribution is 2.45. The number of hydrogen-bond acceptors (Lipinski definition) is 4. The Bertz CT molecular complexity index is 1120. The SMILES string of the molecule is COCCN1C(=O)c2ccccc2C(C(=O)N2CCC(c3ccccc3)C2)C1c1cccs1. The van der Waals surface area contributed by atoms with Crippen LogP contribution in [0.5, 0.6) is 0 Å². The zero-order valence-corrected chi connectivity index (χ0v) is 19.5. The fourth-order valence-corrected chi connectivity index (χ4v) is 6.10. The third kappa shape index (κ3) is 4.09. The summed E-state index contributed by atoms with van der Waals surface area (Å²) in [7, 11) is 1.64. The summed E-state index contributed by atoms with van der Waals surface area (Å²) in [6, 6.07) is 21.7. The molecule has 0 spiro atoms. The molecule has 1 fully saturated rings. The first-order valence-corrected chi connectivity index (χ1v) is 12.3. The number of thiophene rings is 1. The van der Waals surface area contributed by atoms with E-state index in [0.29, 0.717) is 31.2 Å². The smallest absolute Gasteiger partial charge is 0.254 e. The van der Waals surface area contributed by atoms with E-state index in [1.807, 2.05) is 57.6 Å². The van der Waals surface area contributed by atoms with E-state index in [1.54, 1.807) is 18.4 Å². The van der Waals surface area contributed by atoms with Crippen LogP contribution in [-0.4, -0.2) is 55.0 Å². The van der Waals surface area contributed by atoms with Crippen molar-refractivity contribution in [2.45, 2.75) is 24.3 Å². The molecule has 3 atom stereocenters. The summed E-state index contributed by atoms with van der Waals surface area (Å²) in [5, 5.41) is 2.01. The molecule has 1 aromatic heterocycles. The van der Waals surface area contributed by atoms with Crippen LogP contribution in [-0.2, 0) is 9.53 Å². The van der Waals surface area contributed by atoms with Crippen LogP contribution >= 0.6 is 11.3 Å². The topological polar surface area (TPSA) is 49.9 Å². The van der Waals surface area contributed by atoms with Gasteiger partial charge < -0.3 is 14.5 Å². The zero-order valence-electron chi connectivity index (χ0n) is 18.7. The molecule has 3 unspecified atom stereocenters. The van der Waals surface area contributed by atoms with Gasteiger partial charge in [0.05, 0.1) is 18.6 Å². The molecule has 0 aliphatic carbocycles. The van der Waals surface area contributed by atoms with Crippen molar-refractivity contribution in [3.8, 4) is 0 Å². The molecule has 0 bridgehead atoms. The van der Waals surface area contributed by atoms with E-state index in [4.69, 9.17) is 4.74 Å². The lowest BCUT2D eigenvalue weighted by Crippen LogP contribution is -2.48. The van der Waals surface area contributed by atoms with E-state index >= 15 is 0 Å². The van der Waals surface area contributed by atoms with Gasteiger partial charge in [0.1, 0.15) is 0 Å². The molecule has 3 heterocycles. The first-order valence-electron chi connectivity index (χ1n) is 11.4. The number of benzene rings is 2. The third-order valence-corrected chi connectivity index (χ3v) is 7.79. The van der Waals surface area contributed by atoms with Gasteiger partial charge in [-0.15, -0.1) is 11.3 Å². The molecule has 1 saturated heterocycles. The average molecular weight is 461 g/mol. The lowest BCUT2D eigenvalue weighted by Gasteiger charge is -2.42. The molecule has 170 valence electrons. The number of fused-ring (bicyclic) bond motifs is 1. The minimum absolute atomic E-state index is 0.0336. The fraction of sp³-hybridized carbons (Fsp3) is 0.333. The third-order valence-electron chi connectivity index (χ3n) is 6.85. The van der Waals surface area contributed by atoms with Crippen molar-refractivity contribution < 1.29 is 14.3 Å². The van der Waals surface area contributed by atoms with Crippen LogP contribution in [0.2, 0.25) is 0 Å². The summed E-state index contributed by atoms with van der Waals surface area (Å²) in [5.74, 6) is -0.00721. The monoisotopic (exact) mass is 460 g/mol. The van der Waals surface area contributed by atoms with Gasteiger partial charge in [0.2, 0.25) is 5.91 Å². The lowest BCUT2D eigenvalue weighted by molar-refractivity contribution is -0.133. The van der Waals surface area contributed by atoms with Gasteiger partial charge in [-0.2, -0.15) is 0 Å². The number of carbonyl (C=O) groups is 2. The summed E-state index contributed by atoms with van der Waals surface area (Å²) >= 11 is 1.60. The Morgan fingerprint density at radius 1 is 1.06 bits per heavy atom. The lowest BCUT2D eigenvalue weighted by atomic mass is 9.81. The van der Waals surface area contributed by atoms with Crippen molar-refractivity contribution in [3.63, 3.8) is 0 Å². The zero-order chi connectivity index (χ0) is 22.8. The molecule has 0 N–H and O–H groups in total. The number of methoxy groups -OCH3 is 1. The van der Waals surface area contributed by atoms with Gasteiger partial charge in [0.25, 0.3) is 5.91 Å². The molecule has 0 saturated carbocycles. The maximum atomic E-state index is 14.1. The molecule has 5 nitrogen and oxygen atoms in total. The largest absolute Gasteiger partial charge is 0.383 e. The van der Waals surface area contributed by atoms with Crippen molar-refractivity contribution in [2.24, 2.45) is 0 Å². The van der Waals surface area contributed by atoms with Gasteiger partial charge in [-0.25, -0.2) is 0 Å². The second-order valence-electron chi connectivity index (χ2n) is 8.70. The summed E-state index contributed by atoms with van der Waals surface area (Å²) in [6.45, 7) is 2.32. The number of hydrogen-bond donors (Lipinski definition) is 0. The molecule has 0 radical (unpaired) electrons. The first-order chi connectivity index (χ1) is 16.2. The normalized spacial score (nSPS) is 22.5. The number of nitrogens with zero attached hydrogens (tertiary/aromatic N) is 2. The maximum absolute atomic E-state index is 14.1. The summed E-state index contributed by atoms with van der Waals surface area (Å²) in [4.78, 5) is 32.5. The molecular weight excluding hydrogens is 432 g/mol. The van der Waals surface area contributed by atoms with Crippen molar-refractivity contribution >= 4 is 23.2 Å². The fourth-order valence-electron chi connectivity index (χ4n) is 5.22. The van der Waals surface area contributed by atoms with Gasteiger partial charge in [-0.3, -0.25) is 9.59 Å². The second-order valence-corrected chi connectivity index (χ2v) is 9.68. The summed E-state index contributed by atoms with van der Waals surface area (Å²) in [6.07, 6.45) is 0.958. The van der Waals surface area contributed by atoms with E-state index in [-0.39, 0.29) is 17.9 Å². The van der Waals surface area contributed by atoms with Gasteiger partial charge in [-0.05, 0) is 35.1 Å². The van der Waals surface area contributed by atoms with Crippen molar-refractivity contribution in [2.75, 3.05) is 33.4 Å². The van der Waals surface area contributed by atoms with E-state index in [9.17, 15) is 9.59 Å². The standard InChI is InChI=1S/C27H28N2O3S/c1-32-16-15-29-25(23-12-7-17-33-23)24(21-10-5-6-11-22(21)26(29)30)27(31)28-14-13-20(18-28)19-8-3-2-4-9-19/h2-12,17,20,24-25H,13-16,18H2,1H3. The Morgan fingerprint density at radius 3 is 2.61 bits per heavy atom. The van der Waals surface area contributed by atoms with E-state index in [0.717, 1.165) is 23.4 Å². The van der Waals surface area contributed by atoms with E-state index < -0.39 is 5.92 Å². The van der Waals surface area contributed by atoms with Crippen molar-refractivity contribution in [3.05, 3.63) is 93.7 Å². The van der Waals surface area contributed by atoms with Crippen LogP contribution in [0.25, 0.3) is 0 Å². The summed E-state index contributed by atoms with van der Waals surface area (Å²) in [5.41, 5.74) is 2.74. The Labute approximate surface area is 198 Å². The molecule has 5 rings (SSSR count). The number of likely N-dealkylation sites (tertiary alicyclic amines) is 1. The molecule has 3 aromatic rings. The Kier molecular flexibility index (Phi) is 6.29. The molecule has 2 aromatic carbocycles. The van der Waals surface area contributed by atoms with Crippen LogP contribution in [0.4, 0.5) is 0 Å². The Balaban J connectivity index is 1.52. The Morgan fingerprint density at radius 2 is 1.85 bits per heavy atom. The van der Waals surface area contributed by atoms with Crippen LogP contribution in [0, 0.1) is 0 Å². The van der Waals surface area contributed by atoms with E-state index in [2.05, 4.69) is 24.3 Å². The van der Waals surface area contributed by atoms with Crippen LogP contribution in [0.1, 0.15) is 50.7 Å². The molecule has 2 amide bonds. The van der Waals surface area contributed by atoms with Gasteiger partial charge in [0, 0.05) is 43.1 Å². The highest BCUT2D eigenvalue weighted by molar-refractivity contribution is 7.10. The average Bonchev–Trinajstić information content (AvgIpc) is 3.56. The van der Waals surface area contributed by atoms with Gasteiger partial charge >= 0.3 is 0 Å². The minimum Gasteiger partial charge on any atom is -0.383 e. The quantitative estimate of drug-likeness (QED) is 0.536. The number of amides is 2. The van der Waals surface area contributed by atoms with Crippen molar-refractivity contribution in [1.82, 2.24) is 9.80 Å². The van der Waals surface area contributed by atoms with E-state index in [1.165, 1.54) is 5.56 Å². The Hall–Kier alpha value is -2.96. The highest BCUT2D eigenvalue weighted by atomic mass is 32.1. The molecule has 6 heteroatoms. The summed E-state index contributed by atoms with van der Waals surface area (Å²) < 4.78 is 5.32. The minimum atomic E-state index is -0.427. The molecule has 33 heavy (non-hydrogen) atoms. The number of ether oxygens (including phenoxy) is 1. The number of carbonyl (C=O) groups excluding carboxylic acids is 2. The molecule has 2 aliphatic heterocycles. The predicted molar refractivity (Wildman–Crippen MR) is 130 cm³/mol. The highest BCUT2D eigenvalue weighted by Gasteiger charge is 2.46.